The lowest BCUT2D eigenvalue weighted by molar-refractivity contribution is -0.0504. The summed E-state index contributed by atoms with van der Waals surface area (Å²) in [5.41, 5.74) is 0.916. The molecule has 1 N–H and O–H groups in total. The predicted octanol–water partition coefficient (Wildman–Crippen LogP) is 3.64. The summed E-state index contributed by atoms with van der Waals surface area (Å²) in [7, 11) is 0. The molecule has 2 rings (SSSR count). The van der Waals surface area contributed by atoms with Crippen molar-refractivity contribution in [2.45, 2.75) is 32.8 Å². The van der Waals surface area contributed by atoms with Gasteiger partial charge in [-0.05, 0) is 48.9 Å². The second-order valence-corrected chi connectivity index (χ2v) is 5.57. The number of nitrogens with one attached hydrogen (secondary N) is 1. The minimum atomic E-state index is -2.75. The van der Waals surface area contributed by atoms with Gasteiger partial charge in [-0.1, -0.05) is 32.0 Å². The molecule has 0 aromatic heterocycles. The summed E-state index contributed by atoms with van der Waals surface area (Å²) in [6, 6.07) is 7.13. The molecule has 0 bridgehead atoms. The Labute approximate surface area is 113 Å². The standard InChI is InChI=1S/C15H21F2NO/c1-10(2)8-18-9-11-7-13(11)12-5-3-4-6-14(12)19-15(16)17/h3-6,10-11,13,15,18H,7-9H2,1-2H3. The van der Waals surface area contributed by atoms with Crippen molar-refractivity contribution >= 4 is 0 Å². The van der Waals surface area contributed by atoms with E-state index in [0.29, 0.717) is 23.5 Å². The lowest BCUT2D eigenvalue weighted by Gasteiger charge is -2.11. The molecule has 0 amide bonds. The molecule has 0 heterocycles. The van der Waals surface area contributed by atoms with Crippen LogP contribution in [0.2, 0.25) is 0 Å². The highest BCUT2D eigenvalue weighted by molar-refractivity contribution is 5.39. The maximum atomic E-state index is 12.3. The normalized spacial score (nSPS) is 22.0. The third kappa shape index (κ3) is 4.16. The fourth-order valence-corrected chi connectivity index (χ4v) is 2.40. The monoisotopic (exact) mass is 269 g/mol. The zero-order chi connectivity index (χ0) is 13.8. The summed E-state index contributed by atoms with van der Waals surface area (Å²) >= 11 is 0. The molecule has 1 aromatic rings. The van der Waals surface area contributed by atoms with E-state index in [2.05, 4.69) is 23.9 Å². The third-order valence-corrected chi connectivity index (χ3v) is 3.42. The van der Waals surface area contributed by atoms with Gasteiger partial charge in [0.15, 0.2) is 0 Å². The molecule has 1 aromatic carbocycles. The van der Waals surface area contributed by atoms with Gasteiger partial charge in [-0.2, -0.15) is 8.78 Å². The van der Waals surface area contributed by atoms with Crippen LogP contribution >= 0.6 is 0 Å². The van der Waals surface area contributed by atoms with Crippen LogP contribution in [0.25, 0.3) is 0 Å². The van der Waals surface area contributed by atoms with Crippen LogP contribution in [-0.4, -0.2) is 19.7 Å². The first kappa shape index (κ1) is 14.3. The van der Waals surface area contributed by atoms with Crippen LogP contribution in [0.4, 0.5) is 8.78 Å². The Balaban J connectivity index is 1.89. The van der Waals surface area contributed by atoms with Gasteiger partial charge in [0.2, 0.25) is 0 Å². The smallest absolute Gasteiger partial charge is 0.387 e. The van der Waals surface area contributed by atoms with Crippen molar-refractivity contribution in [3.05, 3.63) is 29.8 Å². The molecular weight excluding hydrogens is 248 g/mol. The van der Waals surface area contributed by atoms with Gasteiger partial charge in [0.1, 0.15) is 5.75 Å². The van der Waals surface area contributed by atoms with Gasteiger partial charge in [-0.15, -0.1) is 0 Å². The first-order valence-corrected chi connectivity index (χ1v) is 6.82. The molecule has 106 valence electrons. The Morgan fingerprint density at radius 2 is 2.05 bits per heavy atom. The zero-order valence-corrected chi connectivity index (χ0v) is 11.4. The van der Waals surface area contributed by atoms with E-state index < -0.39 is 6.61 Å². The quantitative estimate of drug-likeness (QED) is 0.816. The lowest BCUT2D eigenvalue weighted by Crippen LogP contribution is -2.22. The van der Waals surface area contributed by atoms with Crippen LogP contribution in [-0.2, 0) is 0 Å². The number of hydrogen-bond acceptors (Lipinski definition) is 2. The highest BCUT2D eigenvalue weighted by atomic mass is 19.3. The predicted molar refractivity (Wildman–Crippen MR) is 71.6 cm³/mol. The molecule has 1 fully saturated rings. The van der Waals surface area contributed by atoms with Crippen LogP contribution < -0.4 is 10.1 Å². The average Bonchev–Trinajstić information content (AvgIpc) is 3.08. The minimum Gasteiger partial charge on any atom is -0.435 e. The fraction of sp³-hybridized carbons (Fsp3) is 0.600. The first-order chi connectivity index (χ1) is 9.08. The van der Waals surface area contributed by atoms with E-state index >= 15 is 0 Å². The van der Waals surface area contributed by atoms with E-state index in [1.807, 2.05) is 12.1 Å². The second kappa shape index (κ2) is 6.33. The number of alkyl halides is 2. The number of benzene rings is 1. The minimum absolute atomic E-state index is 0.328. The molecule has 4 heteroatoms. The Kier molecular flexibility index (Phi) is 4.75. The maximum absolute atomic E-state index is 12.3. The van der Waals surface area contributed by atoms with Gasteiger partial charge in [0.25, 0.3) is 0 Å². The Morgan fingerprint density at radius 1 is 1.32 bits per heavy atom. The number of para-hydroxylation sites is 1. The van der Waals surface area contributed by atoms with Crippen molar-refractivity contribution in [3.8, 4) is 5.75 Å². The summed E-state index contributed by atoms with van der Waals surface area (Å²) in [5, 5.41) is 3.42. The van der Waals surface area contributed by atoms with Crippen molar-refractivity contribution in [2.75, 3.05) is 13.1 Å². The molecule has 1 saturated carbocycles. The summed E-state index contributed by atoms with van der Waals surface area (Å²) in [6.07, 6.45) is 1.05. The summed E-state index contributed by atoms with van der Waals surface area (Å²) in [4.78, 5) is 0. The Morgan fingerprint density at radius 3 is 2.74 bits per heavy atom. The van der Waals surface area contributed by atoms with Crippen molar-refractivity contribution in [1.82, 2.24) is 5.32 Å². The lowest BCUT2D eigenvalue weighted by atomic mass is 10.1. The van der Waals surface area contributed by atoms with E-state index in [9.17, 15) is 8.78 Å². The van der Waals surface area contributed by atoms with Crippen LogP contribution in [0.3, 0.4) is 0 Å². The average molecular weight is 269 g/mol. The molecule has 2 nitrogen and oxygen atoms in total. The van der Waals surface area contributed by atoms with Gasteiger partial charge < -0.3 is 10.1 Å². The van der Waals surface area contributed by atoms with Gasteiger partial charge >= 0.3 is 6.61 Å². The van der Waals surface area contributed by atoms with E-state index in [4.69, 9.17) is 0 Å². The molecule has 1 aliphatic carbocycles. The molecule has 19 heavy (non-hydrogen) atoms. The summed E-state index contributed by atoms with van der Waals surface area (Å²) < 4.78 is 29.3. The maximum Gasteiger partial charge on any atom is 0.387 e. The highest BCUT2D eigenvalue weighted by Crippen LogP contribution is 2.50. The second-order valence-electron chi connectivity index (χ2n) is 5.57. The van der Waals surface area contributed by atoms with Crippen LogP contribution in [0.15, 0.2) is 24.3 Å². The Bertz CT molecular complexity index is 409. The SMILES string of the molecule is CC(C)CNCC1CC1c1ccccc1OC(F)F. The summed E-state index contributed by atoms with van der Waals surface area (Å²) in [6.45, 7) is 3.54. The highest BCUT2D eigenvalue weighted by Gasteiger charge is 2.39. The number of ether oxygens (including phenoxy) is 1. The molecule has 0 aliphatic heterocycles. The number of hydrogen-bond donors (Lipinski definition) is 1. The number of halogens is 2. The molecule has 1 aliphatic rings. The fourth-order valence-electron chi connectivity index (χ4n) is 2.40. The number of rotatable bonds is 7. The topological polar surface area (TPSA) is 21.3 Å². The largest absolute Gasteiger partial charge is 0.435 e. The van der Waals surface area contributed by atoms with Gasteiger partial charge in [0.05, 0.1) is 0 Å². The van der Waals surface area contributed by atoms with Gasteiger partial charge in [0, 0.05) is 0 Å². The van der Waals surface area contributed by atoms with Crippen LogP contribution in [0.5, 0.6) is 5.75 Å². The molecule has 0 saturated heterocycles. The van der Waals surface area contributed by atoms with E-state index in [1.54, 1.807) is 12.1 Å². The molecule has 0 radical (unpaired) electrons. The van der Waals surface area contributed by atoms with Crippen molar-refractivity contribution in [2.24, 2.45) is 11.8 Å². The van der Waals surface area contributed by atoms with Gasteiger partial charge in [-0.25, -0.2) is 0 Å². The van der Waals surface area contributed by atoms with E-state index in [1.165, 1.54) is 0 Å². The van der Waals surface area contributed by atoms with Crippen molar-refractivity contribution in [1.29, 1.82) is 0 Å². The third-order valence-electron chi connectivity index (χ3n) is 3.42. The molecular formula is C15H21F2NO. The first-order valence-electron chi connectivity index (χ1n) is 6.82. The van der Waals surface area contributed by atoms with Crippen LogP contribution in [0.1, 0.15) is 31.7 Å². The van der Waals surface area contributed by atoms with Gasteiger partial charge in [-0.3, -0.25) is 0 Å². The van der Waals surface area contributed by atoms with E-state index in [-0.39, 0.29) is 0 Å². The molecule has 0 spiro atoms. The van der Waals surface area contributed by atoms with Crippen LogP contribution in [0, 0.1) is 11.8 Å². The van der Waals surface area contributed by atoms with E-state index in [0.717, 1.165) is 25.1 Å². The molecule has 2 unspecified atom stereocenters. The molecule has 2 atom stereocenters. The summed E-state index contributed by atoms with van der Waals surface area (Å²) in [5.74, 6) is 1.86. The van der Waals surface area contributed by atoms with Crippen molar-refractivity contribution < 1.29 is 13.5 Å². The zero-order valence-electron chi connectivity index (χ0n) is 11.4. The Hall–Kier alpha value is -1.16. The van der Waals surface area contributed by atoms with Crippen molar-refractivity contribution in [3.63, 3.8) is 0 Å².